The molecule has 1 atom stereocenters. The predicted molar refractivity (Wildman–Crippen MR) is 267 cm³/mol. The third-order valence-electron chi connectivity index (χ3n) is 15.9. The molecule has 2 saturated carbocycles. The quantitative estimate of drug-likeness (QED) is 0.150. The van der Waals surface area contributed by atoms with Gasteiger partial charge in [0.05, 0.1) is 24.2 Å². The van der Waals surface area contributed by atoms with Crippen LogP contribution in [0.25, 0.3) is 0 Å². The van der Waals surface area contributed by atoms with Crippen molar-refractivity contribution in [3.8, 4) is 0 Å². The number of likely N-dealkylation sites (N-methyl/N-ethyl adjacent to an activating group) is 1. The molecule has 1 unspecified atom stereocenters. The Morgan fingerprint density at radius 1 is 0.761 bits per heavy atom. The first-order chi connectivity index (χ1) is 34.4. The minimum absolute atomic E-state index is 0.00541. The van der Waals surface area contributed by atoms with Gasteiger partial charge in [-0.1, -0.05) is 0 Å². The summed E-state index contributed by atoms with van der Waals surface area (Å²) in [6, 6.07) is 5.07. The third-order valence-corrected chi connectivity index (χ3v) is 15.9. The number of aryl methyl sites for hydroxylation is 1. The smallest absolute Gasteiger partial charge is 0.343 e. The number of carbonyl (C=O) groups excluding carboxylic acids is 5. The zero-order valence-electron chi connectivity index (χ0n) is 41.7. The Morgan fingerprint density at radius 2 is 1.44 bits per heavy atom. The summed E-state index contributed by atoms with van der Waals surface area (Å²) in [6.45, 7) is 10.9. The number of anilines is 5. The molecule has 1 aromatic carbocycles. The number of nitrogens with zero attached hydrogens (tertiary/aromatic N) is 10. The van der Waals surface area contributed by atoms with Crippen molar-refractivity contribution in [1.29, 1.82) is 0 Å². The molecule has 4 amide bonds. The van der Waals surface area contributed by atoms with Gasteiger partial charge in [0, 0.05) is 135 Å². The molecule has 0 spiro atoms. The Labute approximate surface area is 416 Å². The van der Waals surface area contributed by atoms with Crippen LogP contribution >= 0.6 is 0 Å². The van der Waals surface area contributed by atoms with Gasteiger partial charge in [-0.2, -0.15) is 10.1 Å². The van der Waals surface area contributed by atoms with Gasteiger partial charge in [-0.15, -0.1) is 0 Å². The normalized spacial score (nSPS) is 25.3. The first-order valence-electron chi connectivity index (χ1n) is 26.1. The molecule has 4 aliphatic heterocycles. The fraction of sp³-hybridized carbons (Fsp3) is 0.647. The average Bonchev–Trinajstić information content (AvgIpc) is 3.80. The van der Waals surface area contributed by atoms with Crippen molar-refractivity contribution in [2.75, 3.05) is 106 Å². The second kappa shape index (κ2) is 22.7. The molecule has 6 heterocycles. The number of benzene rings is 1. The van der Waals surface area contributed by atoms with Gasteiger partial charge < -0.3 is 35.4 Å². The van der Waals surface area contributed by atoms with Gasteiger partial charge in [0.2, 0.25) is 23.7 Å². The van der Waals surface area contributed by atoms with Crippen molar-refractivity contribution in [3.05, 3.63) is 48.2 Å². The fourth-order valence-electron chi connectivity index (χ4n) is 11.7. The largest absolute Gasteiger partial charge is 0.462 e. The number of aromatic nitrogens is 4. The van der Waals surface area contributed by atoms with E-state index in [1.165, 1.54) is 19.3 Å². The van der Waals surface area contributed by atoms with Gasteiger partial charge in [-0.25, -0.2) is 14.2 Å². The molecule has 0 radical (unpaired) electrons. The second-order valence-corrected chi connectivity index (χ2v) is 20.5. The van der Waals surface area contributed by atoms with Gasteiger partial charge >= 0.3 is 5.97 Å². The number of piperidine rings is 2. The summed E-state index contributed by atoms with van der Waals surface area (Å²) in [7, 11) is 3.32. The topological polar surface area (TPSA) is 194 Å². The molecule has 4 saturated heterocycles. The number of likely N-dealkylation sites (tertiary alicyclic amines) is 2. The average molecular weight is 982 g/mol. The van der Waals surface area contributed by atoms with E-state index >= 15 is 4.39 Å². The number of rotatable bonds is 14. The molecule has 3 N–H and O–H groups in total. The standard InChI is InChI=1S/C51H72FN13O6/c1-4-71-50(70)41-31-53-51(57-39-30-54-59(2)33-39)58-46(41)56-37-9-12-40(13-10-37)62-25-27-65(28-26-62)48(68)36-7-5-35(6-8-36)47(67)64-19-17-34(18-20-64)32-61-21-23-63(24-22-61)44-15-11-38(29-42(44)52)55-43-14-16-45(66)60(3)49(43)69/h11,15,29-31,33-37,40,43,55H,4-10,12-14,16-28,32H2,1-3H3,(H2,53,56,57,58). The summed E-state index contributed by atoms with van der Waals surface area (Å²) < 4.78 is 22.3. The van der Waals surface area contributed by atoms with E-state index in [4.69, 9.17) is 4.74 Å². The molecule has 9 rings (SSSR count). The summed E-state index contributed by atoms with van der Waals surface area (Å²) in [5, 5.41) is 14.0. The SMILES string of the molecule is CCOC(=O)c1cnc(Nc2cnn(C)c2)nc1NC1CCC(N2CCN(C(=O)C3CCC(C(=O)N4CCC(CN5CCN(c6ccc(NC7CCC(=O)N(C)C7=O)cc6F)CC5)CC4)CC3)CC2)CC1. The summed E-state index contributed by atoms with van der Waals surface area (Å²) in [5.74, 6) is 0.561. The summed E-state index contributed by atoms with van der Waals surface area (Å²) in [5.41, 5.74) is 2.14. The number of amides is 4. The molecule has 6 fully saturated rings. The molecular weight excluding hydrogens is 910 g/mol. The van der Waals surface area contributed by atoms with E-state index < -0.39 is 12.0 Å². The van der Waals surface area contributed by atoms with Crippen molar-refractivity contribution >= 4 is 58.4 Å². The molecule has 6 aliphatic rings. The van der Waals surface area contributed by atoms with Crippen molar-refractivity contribution in [2.24, 2.45) is 24.8 Å². The van der Waals surface area contributed by atoms with Crippen LogP contribution in [0.4, 0.5) is 33.2 Å². The lowest BCUT2D eigenvalue weighted by atomic mass is 9.80. The van der Waals surface area contributed by atoms with Crippen LogP contribution in [-0.2, 0) is 31.0 Å². The van der Waals surface area contributed by atoms with E-state index in [2.05, 4.69) is 55.5 Å². The lowest BCUT2D eigenvalue weighted by Gasteiger charge is -2.43. The van der Waals surface area contributed by atoms with Crippen molar-refractivity contribution in [1.82, 2.24) is 44.2 Å². The number of carbonyl (C=O) groups is 5. The van der Waals surface area contributed by atoms with Crippen molar-refractivity contribution in [3.63, 3.8) is 0 Å². The Balaban J connectivity index is 0.651. The molecule has 0 bridgehead atoms. The van der Waals surface area contributed by atoms with Gasteiger partial charge in [0.15, 0.2) is 0 Å². The molecule has 19 nitrogen and oxygen atoms in total. The van der Waals surface area contributed by atoms with Crippen LogP contribution in [-0.4, -0.2) is 178 Å². The maximum atomic E-state index is 15.3. The fourth-order valence-corrected chi connectivity index (χ4v) is 11.7. The number of imide groups is 1. The summed E-state index contributed by atoms with van der Waals surface area (Å²) >= 11 is 0. The van der Waals surface area contributed by atoms with Crippen molar-refractivity contribution < 1.29 is 33.1 Å². The van der Waals surface area contributed by atoms with E-state index in [1.54, 1.807) is 29.9 Å². The summed E-state index contributed by atoms with van der Waals surface area (Å²) in [6.07, 6.45) is 14.6. The first kappa shape index (κ1) is 50.1. The number of esters is 1. The highest BCUT2D eigenvalue weighted by molar-refractivity contribution is 6.01. The highest BCUT2D eigenvalue weighted by Crippen LogP contribution is 2.34. The van der Waals surface area contributed by atoms with Gasteiger partial charge in [-0.3, -0.25) is 38.6 Å². The zero-order valence-corrected chi connectivity index (χ0v) is 41.7. The first-order valence-corrected chi connectivity index (χ1v) is 26.1. The van der Waals surface area contributed by atoms with Crippen LogP contribution in [0.5, 0.6) is 0 Å². The molecular formula is C51H72FN13O6. The molecule has 20 heteroatoms. The third kappa shape index (κ3) is 12.1. The Morgan fingerprint density at radius 3 is 2.07 bits per heavy atom. The number of hydrogen-bond acceptors (Lipinski definition) is 15. The van der Waals surface area contributed by atoms with Crippen LogP contribution in [0.15, 0.2) is 36.8 Å². The number of halogens is 1. The highest BCUT2D eigenvalue weighted by atomic mass is 19.1. The number of hydrogen-bond donors (Lipinski definition) is 3. The lowest BCUT2D eigenvalue weighted by molar-refractivity contribution is -0.147. The summed E-state index contributed by atoms with van der Waals surface area (Å²) in [4.78, 5) is 86.1. The number of piperazine rings is 2. The van der Waals surface area contributed by atoms with Crippen LogP contribution in [0.2, 0.25) is 0 Å². The van der Waals surface area contributed by atoms with Crippen LogP contribution in [0.1, 0.15) is 94.3 Å². The second-order valence-electron chi connectivity index (χ2n) is 20.5. The number of ether oxygens (including phenoxy) is 1. The van der Waals surface area contributed by atoms with Gasteiger partial charge in [0.1, 0.15) is 23.2 Å². The minimum Gasteiger partial charge on any atom is -0.462 e. The lowest BCUT2D eigenvalue weighted by Crippen LogP contribution is -2.54. The van der Waals surface area contributed by atoms with Crippen molar-refractivity contribution in [2.45, 2.75) is 102 Å². The molecule has 2 aliphatic carbocycles. The highest BCUT2D eigenvalue weighted by Gasteiger charge is 2.38. The van der Waals surface area contributed by atoms with Crippen LogP contribution in [0, 0.1) is 23.6 Å². The van der Waals surface area contributed by atoms with E-state index in [1.807, 2.05) is 13.2 Å². The Hall–Kier alpha value is -5.89. The Kier molecular flexibility index (Phi) is 16.0. The van der Waals surface area contributed by atoms with E-state index in [-0.39, 0.29) is 60.4 Å². The molecule has 384 valence electrons. The van der Waals surface area contributed by atoms with Crippen LogP contribution in [0.3, 0.4) is 0 Å². The minimum atomic E-state index is -0.545. The molecule has 2 aromatic heterocycles. The van der Waals surface area contributed by atoms with E-state index in [0.29, 0.717) is 47.1 Å². The van der Waals surface area contributed by atoms with E-state index in [9.17, 15) is 24.0 Å². The maximum absolute atomic E-state index is 15.3. The monoisotopic (exact) mass is 982 g/mol. The number of nitrogens with one attached hydrogen (secondary N) is 3. The van der Waals surface area contributed by atoms with Crippen LogP contribution < -0.4 is 20.9 Å². The zero-order chi connectivity index (χ0) is 49.6. The maximum Gasteiger partial charge on any atom is 0.343 e. The van der Waals surface area contributed by atoms with E-state index in [0.717, 1.165) is 147 Å². The molecule has 71 heavy (non-hydrogen) atoms. The van der Waals surface area contributed by atoms with Gasteiger partial charge in [-0.05, 0) is 102 Å². The van der Waals surface area contributed by atoms with Gasteiger partial charge in [0.25, 0.3) is 5.91 Å². The predicted octanol–water partition coefficient (Wildman–Crippen LogP) is 4.56. The Bertz CT molecular complexity index is 2360. The molecule has 3 aromatic rings.